The molecule has 2 rings (SSSR count). The number of fused-ring (bicyclic) bond motifs is 1. The van der Waals surface area contributed by atoms with Crippen molar-refractivity contribution in [3.63, 3.8) is 0 Å². The highest BCUT2D eigenvalue weighted by molar-refractivity contribution is 5.89. The first-order chi connectivity index (χ1) is 9.24. The third-order valence-corrected chi connectivity index (χ3v) is 3.11. The van der Waals surface area contributed by atoms with E-state index in [4.69, 9.17) is 16.9 Å². The molecule has 0 aliphatic heterocycles. The van der Waals surface area contributed by atoms with Gasteiger partial charge in [0.2, 0.25) is 0 Å². The summed E-state index contributed by atoms with van der Waals surface area (Å²) in [5.74, 6) is 3.52. The molecular weight excluding hydrogens is 234 g/mol. The maximum absolute atomic E-state index is 6.02. The molecule has 0 bridgehead atoms. The number of benzene rings is 2. The predicted molar refractivity (Wildman–Crippen MR) is 80.1 cm³/mol. The van der Waals surface area contributed by atoms with Gasteiger partial charge in [-0.3, -0.25) is 0 Å². The van der Waals surface area contributed by atoms with Gasteiger partial charge in [-0.2, -0.15) is 0 Å². The van der Waals surface area contributed by atoms with Crippen molar-refractivity contribution >= 4 is 10.8 Å². The molecule has 0 heterocycles. The Bertz CT molecular complexity index is 596. The van der Waals surface area contributed by atoms with Crippen LogP contribution in [0.15, 0.2) is 36.4 Å². The zero-order valence-electron chi connectivity index (χ0n) is 11.2. The van der Waals surface area contributed by atoms with Crippen LogP contribution in [0.4, 0.5) is 0 Å². The highest BCUT2D eigenvalue weighted by Gasteiger charge is 2.11. The molecule has 2 nitrogen and oxygen atoms in total. The van der Waals surface area contributed by atoms with Gasteiger partial charge in [0.15, 0.2) is 0 Å². The van der Waals surface area contributed by atoms with Crippen molar-refractivity contribution in [3.05, 3.63) is 42.0 Å². The maximum Gasteiger partial charge on any atom is 0.131 e. The lowest BCUT2D eigenvalue weighted by molar-refractivity contribution is 0.312. The SMILES string of the molecule is C#CCCCOc1c(C(C)N)ccc2ccccc12. The molecule has 98 valence electrons. The van der Waals surface area contributed by atoms with Gasteiger partial charge in [-0.25, -0.2) is 0 Å². The smallest absolute Gasteiger partial charge is 0.131 e. The lowest BCUT2D eigenvalue weighted by Gasteiger charge is -2.16. The summed E-state index contributed by atoms with van der Waals surface area (Å²) in [5, 5.41) is 2.27. The second-order valence-corrected chi connectivity index (χ2v) is 4.65. The van der Waals surface area contributed by atoms with E-state index < -0.39 is 0 Å². The molecule has 0 aromatic heterocycles. The lowest BCUT2D eigenvalue weighted by Crippen LogP contribution is -2.09. The average Bonchev–Trinajstić information content (AvgIpc) is 2.43. The van der Waals surface area contributed by atoms with E-state index in [1.165, 1.54) is 5.39 Å². The summed E-state index contributed by atoms with van der Waals surface area (Å²) in [4.78, 5) is 0. The zero-order valence-corrected chi connectivity index (χ0v) is 11.2. The fraction of sp³-hybridized carbons (Fsp3) is 0.294. The van der Waals surface area contributed by atoms with E-state index in [-0.39, 0.29) is 6.04 Å². The van der Waals surface area contributed by atoms with Crippen molar-refractivity contribution in [2.24, 2.45) is 5.73 Å². The molecular formula is C17H19NO. The minimum atomic E-state index is -0.0489. The van der Waals surface area contributed by atoms with Crippen LogP contribution in [0.5, 0.6) is 5.75 Å². The number of nitrogens with two attached hydrogens (primary N) is 1. The number of ether oxygens (including phenoxy) is 1. The predicted octanol–water partition coefficient (Wildman–Crippen LogP) is 3.65. The van der Waals surface area contributed by atoms with E-state index in [9.17, 15) is 0 Å². The molecule has 0 fully saturated rings. The topological polar surface area (TPSA) is 35.2 Å². The van der Waals surface area contributed by atoms with Gasteiger partial charge in [-0.1, -0.05) is 36.4 Å². The van der Waals surface area contributed by atoms with E-state index in [0.717, 1.165) is 29.5 Å². The minimum absolute atomic E-state index is 0.0489. The fourth-order valence-electron chi connectivity index (χ4n) is 2.13. The molecule has 0 amide bonds. The normalized spacial score (nSPS) is 12.1. The third-order valence-electron chi connectivity index (χ3n) is 3.11. The van der Waals surface area contributed by atoms with Crippen LogP contribution >= 0.6 is 0 Å². The Labute approximate surface area is 114 Å². The molecule has 19 heavy (non-hydrogen) atoms. The van der Waals surface area contributed by atoms with Gasteiger partial charge in [0, 0.05) is 23.4 Å². The minimum Gasteiger partial charge on any atom is -0.493 e. The van der Waals surface area contributed by atoms with E-state index in [2.05, 4.69) is 24.1 Å². The van der Waals surface area contributed by atoms with Gasteiger partial charge in [-0.15, -0.1) is 12.3 Å². The summed E-state index contributed by atoms with van der Waals surface area (Å²) in [6, 6.07) is 12.3. The van der Waals surface area contributed by atoms with Gasteiger partial charge in [0.25, 0.3) is 0 Å². The van der Waals surface area contributed by atoms with Gasteiger partial charge >= 0.3 is 0 Å². The first-order valence-electron chi connectivity index (χ1n) is 6.57. The van der Waals surface area contributed by atoms with Crippen LogP contribution in [0.1, 0.15) is 31.4 Å². The first kappa shape index (κ1) is 13.5. The zero-order chi connectivity index (χ0) is 13.7. The molecule has 0 radical (unpaired) electrons. The van der Waals surface area contributed by atoms with E-state index in [1.807, 2.05) is 25.1 Å². The number of rotatable bonds is 5. The second kappa shape index (κ2) is 6.26. The largest absolute Gasteiger partial charge is 0.493 e. The molecule has 0 spiro atoms. The quantitative estimate of drug-likeness (QED) is 0.652. The average molecular weight is 253 g/mol. The first-order valence-corrected chi connectivity index (χ1v) is 6.57. The van der Waals surface area contributed by atoms with Gasteiger partial charge in [0.1, 0.15) is 5.75 Å². The summed E-state index contributed by atoms with van der Waals surface area (Å²) >= 11 is 0. The van der Waals surface area contributed by atoms with Crippen LogP contribution in [0.25, 0.3) is 10.8 Å². The van der Waals surface area contributed by atoms with Gasteiger partial charge < -0.3 is 10.5 Å². The van der Waals surface area contributed by atoms with E-state index in [0.29, 0.717) is 6.61 Å². The Hall–Kier alpha value is -1.98. The molecule has 0 saturated heterocycles. The fourth-order valence-corrected chi connectivity index (χ4v) is 2.13. The van der Waals surface area contributed by atoms with Crippen LogP contribution in [-0.2, 0) is 0 Å². The van der Waals surface area contributed by atoms with Crippen LogP contribution in [-0.4, -0.2) is 6.61 Å². The monoisotopic (exact) mass is 253 g/mol. The molecule has 2 heteroatoms. The summed E-state index contributed by atoms with van der Waals surface area (Å²) < 4.78 is 5.94. The Morgan fingerprint density at radius 2 is 2.05 bits per heavy atom. The highest BCUT2D eigenvalue weighted by atomic mass is 16.5. The molecule has 1 unspecified atom stereocenters. The highest BCUT2D eigenvalue weighted by Crippen LogP contribution is 2.33. The van der Waals surface area contributed by atoms with Gasteiger partial charge in [0.05, 0.1) is 6.61 Å². The van der Waals surface area contributed by atoms with E-state index in [1.54, 1.807) is 0 Å². The van der Waals surface area contributed by atoms with Crippen LogP contribution in [0.2, 0.25) is 0 Å². The maximum atomic E-state index is 6.02. The molecule has 0 saturated carbocycles. The van der Waals surface area contributed by atoms with E-state index >= 15 is 0 Å². The molecule has 1 atom stereocenters. The number of terminal acetylenes is 1. The number of hydrogen-bond donors (Lipinski definition) is 1. The Morgan fingerprint density at radius 1 is 1.26 bits per heavy atom. The summed E-state index contributed by atoms with van der Waals surface area (Å²) in [7, 11) is 0. The van der Waals surface area contributed by atoms with Crippen molar-refractivity contribution in [3.8, 4) is 18.1 Å². The molecule has 2 aromatic rings. The Morgan fingerprint density at radius 3 is 2.79 bits per heavy atom. The van der Waals surface area contributed by atoms with Crippen molar-refractivity contribution in [2.75, 3.05) is 6.61 Å². The molecule has 0 aliphatic rings. The summed E-state index contributed by atoms with van der Waals surface area (Å²) in [5.41, 5.74) is 7.06. The number of hydrogen-bond acceptors (Lipinski definition) is 2. The Balaban J connectivity index is 2.36. The summed E-state index contributed by atoms with van der Waals surface area (Å²) in [6.45, 7) is 2.59. The van der Waals surface area contributed by atoms with Crippen molar-refractivity contribution in [1.82, 2.24) is 0 Å². The summed E-state index contributed by atoms with van der Waals surface area (Å²) in [6.07, 6.45) is 6.84. The number of unbranched alkanes of at least 4 members (excludes halogenated alkanes) is 1. The second-order valence-electron chi connectivity index (χ2n) is 4.65. The Kier molecular flexibility index (Phi) is 4.43. The molecule has 2 N–H and O–H groups in total. The van der Waals surface area contributed by atoms with Crippen LogP contribution < -0.4 is 10.5 Å². The standard InChI is InChI=1S/C17H19NO/c1-3-4-7-12-19-17-15(13(2)18)11-10-14-8-5-6-9-16(14)17/h1,5-6,8-11,13H,4,7,12,18H2,2H3. The molecule has 0 aliphatic carbocycles. The van der Waals surface area contributed by atoms with Crippen molar-refractivity contribution in [1.29, 1.82) is 0 Å². The van der Waals surface area contributed by atoms with Crippen molar-refractivity contribution < 1.29 is 4.74 Å². The lowest BCUT2D eigenvalue weighted by atomic mass is 10.0. The molecule has 2 aromatic carbocycles. The van der Waals surface area contributed by atoms with Crippen molar-refractivity contribution in [2.45, 2.75) is 25.8 Å². The van der Waals surface area contributed by atoms with Crippen LogP contribution in [0, 0.1) is 12.3 Å². The van der Waals surface area contributed by atoms with Gasteiger partial charge in [-0.05, 0) is 18.7 Å². The third kappa shape index (κ3) is 3.07. The van der Waals surface area contributed by atoms with Crippen LogP contribution in [0.3, 0.4) is 0 Å².